The first-order valence-corrected chi connectivity index (χ1v) is 6.06. The number of hydrogen-bond acceptors (Lipinski definition) is 4. The van der Waals surface area contributed by atoms with Gasteiger partial charge in [0.15, 0.2) is 0 Å². The molecule has 0 spiro atoms. The normalized spacial score (nSPS) is 15.9. The minimum absolute atomic E-state index is 0.259. The zero-order chi connectivity index (χ0) is 10.8. The van der Waals surface area contributed by atoms with Crippen molar-refractivity contribution in [2.45, 2.75) is 10.9 Å². The van der Waals surface area contributed by atoms with Crippen LogP contribution in [0, 0.1) is 11.3 Å². The number of nitriles is 1. The van der Waals surface area contributed by atoms with E-state index in [4.69, 9.17) is 11.0 Å². The smallest absolute Gasteiger partial charge is 0.103 e. The molecule has 2 N–H and O–H groups in total. The van der Waals surface area contributed by atoms with Gasteiger partial charge in [-0.15, -0.1) is 11.8 Å². The fraction of sp³-hybridized carbons (Fsp3) is 0.364. The minimum Gasteiger partial charge on any atom is -0.367 e. The molecule has 78 valence electrons. The van der Waals surface area contributed by atoms with Gasteiger partial charge in [-0.1, -0.05) is 6.07 Å². The van der Waals surface area contributed by atoms with Crippen LogP contribution in [0.25, 0.3) is 0 Å². The molecular formula is C11H13N3S. The molecule has 1 aromatic rings. The van der Waals surface area contributed by atoms with Gasteiger partial charge in [0.2, 0.25) is 0 Å². The molecule has 0 saturated carbocycles. The fourth-order valence-electron chi connectivity index (χ4n) is 1.77. The second-order valence-corrected chi connectivity index (χ2v) is 4.48. The fourth-order valence-corrected chi connectivity index (χ4v) is 2.34. The average Bonchev–Trinajstić information content (AvgIpc) is 2.23. The van der Waals surface area contributed by atoms with Crippen molar-refractivity contribution in [1.29, 1.82) is 5.26 Å². The maximum atomic E-state index is 9.14. The maximum Gasteiger partial charge on any atom is 0.103 e. The number of rotatable bonds is 2. The largest absolute Gasteiger partial charge is 0.367 e. The van der Waals surface area contributed by atoms with Crippen LogP contribution in [0.2, 0.25) is 0 Å². The molecule has 1 aliphatic rings. The molecule has 1 aliphatic heterocycles. The third kappa shape index (κ3) is 1.81. The number of nitrogens with zero attached hydrogens (tertiary/aromatic N) is 2. The van der Waals surface area contributed by atoms with Gasteiger partial charge in [0.25, 0.3) is 0 Å². The summed E-state index contributed by atoms with van der Waals surface area (Å²) in [5, 5.41) is 9.14. The monoisotopic (exact) mass is 219 g/mol. The summed E-state index contributed by atoms with van der Waals surface area (Å²) in [7, 11) is 0. The van der Waals surface area contributed by atoms with Crippen molar-refractivity contribution in [1.82, 2.24) is 0 Å². The third-order valence-corrected chi connectivity index (χ3v) is 3.37. The van der Waals surface area contributed by atoms with Gasteiger partial charge in [0, 0.05) is 24.0 Å². The lowest BCUT2D eigenvalue weighted by Crippen LogP contribution is -2.56. The Hall–Kier alpha value is -1.18. The van der Waals surface area contributed by atoms with E-state index in [1.54, 1.807) is 11.8 Å². The zero-order valence-corrected chi connectivity index (χ0v) is 9.42. The van der Waals surface area contributed by atoms with Gasteiger partial charge in [-0.05, 0) is 18.4 Å². The standard InChI is InChI=1S/C11H13N3S/c1-15-11-4-2-3-10(9(11)5-12)14-6-8(13)7-14/h2-4,8H,6-7,13H2,1H3. The topological polar surface area (TPSA) is 53.0 Å². The van der Waals surface area contributed by atoms with Crippen LogP contribution in [0.4, 0.5) is 5.69 Å². The predicted molar refractivity (Wildman–Crippen MR) is 63.1 cm³/mol. The number of hydrogen-bond donors (Lipinski definition) is 1. The summed E-state index contributed by atoms with van der Waals surface area (Å²) in [6.45, 7) is 1.71. The molecule has 1 fully saturated rings. The molecule has 0 aliphatic carbocycles. The van der Waals surface area contributed by atoms with Gasteiger partial charge in [0.05, 0.1) is 11.3 Å². The van der Waals surface area contributed by atoms with Crippen LogP contribution in [0.5, 0.6) is 0 Å². The lowest BCUT2D eigenvalue weighted by Gasteiger charge is -2.39. The van der Waals surface area contributed by atoms with Crippen LogP contribution in [0.1, 0.15) is 5.56 Å². The predicted octanol–water partition coefficient (Wildman–Crippen LogP) is 1.43. The molecule has 0 unspecified atom stereocenters. The van der Waals surface area contributed by atoms with Crippen LogP contribution in [-0.2, 0) is 0 Å². The summed E-state index contributed by atoms with van der Waals surface area (Å²) in [5.74, 6) is 0. The average molecular weight is 219 g/mol. The van der Waals surface area contributed by atoms with Crippen LogP contribution in [0.15, 0.2) is 23.1 Å². The number of nitrogens with two attached hydrogens (primary N) is 1. The molecule has 1 aromatic carbocycles. The molecular weight excluding hydrogens is 206 g/mol. The van der Waals surface area contributed by atoms with E-state index in [-0.39, 0.29) is 6.04 Å². The summed E-state index contributed by atoms with van der Waals surface area (Å²) in [5.41, 5.74) is 7.53. The molecule has 4 heteroatoms. The van der Waals surface area contributed by atoms with Gasteiger partial charge >= 0.3 is 0 Å². The van der Waals surface area contributed by atoms with Crippen molar-refractivity contribution in [3.05, 3.63) is 23.8 Å². The number of thioether (sulfide) groups is 1. The van der Waals surface area contributed by atoms with Gasteiger partial charge in [0.1, 0.15) is 6.07 Å². The first-order valence-electron chi connectivity index (χ1n) is 4.84. The van der Waals surface area contributed by atoms with E-state index in [1.165, 1.54) is 0 Å². The molecule has 0 bridgehead atoms. The summed E-state index contributed by atoms with van der Waals surface area (Å²) >= 11 is 1.61. The maximum absolute atomic E-state index is 9.14. The summed E-state index contributed by atoms with van der Waals surface area (Å²) in [6, 6.07) is 8.50. The Kier molecular flexibility index (Phi) is 2.85. The van der Waals surface area contributed by atoms with Gasteiger partial charge in [-0.3, -0.25) is 0 Å². The van der Waals surface area contributed by atoms with E-state index in [1.807, 2.05) is 24.5 Å². The van der Waals surface area contributed by atoms with Crippen molar-refractivity contribution in [3.8, 4) is 6.07 Å². The molecule has 0 aromatic heterocycles. The summed E-state index contributed by atoms with van der Waals surface area (Å²) in [4.78, 5) is 3.19. The van der Waals surface area contributed by atoms with Crippen molar-refractivity contribution in [2.24, 2.45) is 5.73 Å². The van der Waals surface area contributed by atoms with E-state index < -0.39 is 0 Å². The van der Waals surface area contributed by atoms with Crippen molar-refractivity contribution < 1.29 is 0 Å². The van der Waals surface area contributed by atoms with E-state index in [0.29, 0.717) is 0 Å². The minimum atomic E-state index is 0.259. The van der Waals surface area contributed by atoms with Crippen LogP contribution in [0.3, 0.4) is 0 Å². The van der Waals surface area contributed by atoms with E-state index in [2.05, 4.69) is 11.0 Å². The number of benzene rings is 1. The second-order valence-electron chi connectivity index (χ2n) is 3.63. The quantitative estimate of drug-likeness (QED) is 0.764. The Morgan fingerprint density at radius 1 is 1.53 bits per heavy atom. The Labute approximate surface area is 93.9 Å². The molecule has 1 heterocycles. The highest BCUT2D eigenvalue weighted by molar-refractivity contribution is 7.98. The lowest BCUT2D eigenvalue weighted by atomic mass is 10.1. The van der Waals surface area contributed by atoms with Gasteiger partial charge in [-0.2, -0.15) is 5.26 Å². The first-order chi connectivity index (χ1) is 7.26. The summed E-state index contributed by atoms with van der Waals surface area (Å²) < 4.78 is 0. The highest BCUT2D eigenvalue weighted by Gasteiger charge is 2.25. The van der Waals surface area contributed by atoms with Crippen LogP contribution >= 0.6 is 11.8 Å². The van der Waals surface area contributed by atoms with Crippen molar-refractivity contribution in [3.63, 3.8) is 0 Å². The van der Waals surface area contributed by atoms with Crippen molar-refractivity contribution in [2.75, 3.05) is 24.2 Å². The molecule has 15 heavy (non-hydrogen) atoms. The molecule has 0 amide bonds. The van der Waals surface area contributed by atoms with Crippen LogP contribution < -0.4 is 10.6 Å². The van der Waals surface area contributed by atoms with Gasteiger partial charge < -0.3 is 10.6 Å². The molecule has 0 atom stereocenters. The molecule has 1 saturated heterocycles. The molecule has 3 nitrogen and oxygen atoms in total. The Morgan fingerprint density at radius 2 is 2.27 bits per heavy atom. The van der Waals surface area contributed by atoms with Crippen molar-refractivity contribution >= 4 is 17.4 Å². The van der Waals surface area contributed by atoms with E-state index in [9.17, 15) is 0 Å². The SMILES string of the molecule is CSc1cccc(N2CC(N)C2)c1C#N. The van der Waals surface area contributed by atoms with Gasteiger partial charge in [-0.25, -0.2) is 0 Å². The molecule has 2 rings (SSSR count). The third-order valence-electron chi connectivity index (χ3n) is 2.59. The molecule has 0 radical (unpaired) electrons. The van der Waals surface area contributed by atoms with E-state index in [0.717, 1.165) is 29.2 Å². The van der Waals surface area contributed by atoms with Crippen LogP contribution in [-0.4, -0.2) is 25.4 Å². The summed E-state index contributed by atoms with van der Waals surface area (Å²) in [6.07, 6.45) is 1.99. The number of anilines is 1. The first kappa shape index (κ1) is 10.3. The highest BCUT2D eigenvalue weighted by Crippen LogP contribution is 2.30. The Bertz CT molecular complexity index is 405. The lowest BCUT2D eigenvalue weighted by molar-refractivity contribution is 0.519. The van der Waals surface area contributed by atoms with E-state index >= 15 is 0 Å². The zero-order valence-electron chi connectivity index (χ0n) is 8.60. The Morgan fingerprint density at radius 3 is 2.80 bits per heavy atom. The second kappa shape index (κ2) is 4.13. The highest BCUT2D eigenvalue weighted by atomic mass is 32.2. The Balaban J connectivity index is 2.35.